The van der Waals surface area contributed by atoms with Crippen LogP contribution in [0.15, 0.2) is 18.2 Å². The Morgan fingerprint density at radius 1 is 1.33 bits per heavy atom. The van der Waals surface area contributed by atoms with Crippen LogP contribution in [0.2, 0.25) is 0 Å². The maximum absolute atomic E-state index is 13.7. The summed E-state index contributed by atoms with van der Waals surface area (Å²) in [5.74, 6) is 4.76. The third-order valence-electron chi connectivity index (χ3n) is 2.71. The molecule has 98 valence electrons. The fourth-order valence-electron chi connectivity index (χ4n) is 1.81. The van der Waals surface area contributed by atoms with Crippen LogP contribution in [0.5, 0.6) is 0 Å². The van der Waals surface area contributed by atoms with Crippen LogP contribution >= 0.6 is 0 Å². The van der Waals surface area contributed by atoms with Crippen LogP contribution in [-0.4, -0.2) is 6.54 Å². The van der Waals surface area contributed by atoms with Gasteiger partial charge in [-0.3, -0.25) is 0 Å². The lowest BCUT2D eigenvalue weighted by atomic mass is 10.0. The lowest BCUT2D eigenvalue weighted by molar-refractivity contribution is 0.474. The van der Waals surface area contributed by atoms with E-state index in [9.17, 15) is 8.78 Å². The molecule has 1 aromatic carbocycles. The lowest BCUT2D eigenvalue weighted by Crippen LogP contribution is -2.23. The molecule has 0 aliphatic heterocycles. The van der Waals surface area contributed by atoms with Crippen LogP contribution in [0.1, 0.15) is 44.7 Å². The maximum atomic E-state index is 13.7. The van der Waals surface area contributed by atoms with Crippen molar-refractivity contribution in [3.63, 3.8) is 0 Å². The van der Waals surface area contributed by atoms with Crippen molar-refractivity contribution >= 4 is 0 Å². The van der Waals surface area contributed by atoms with Crippen molar-refractivity contribution in [1.29, 1.82) is 0 Å². The number of nitrogens with one attached hydrogen (secondary N) is 1. The van der Waals surface area contributed by atoms with Gasteiger partial charge in [-0.25, -0.2) is 8.78 Å². The molecule has 0 aliphatic rings. The Bertz CT molecular complexity index is 432. The van der Waals surface area contributed by atoms with E-state index < -0.39 is 11.6 Å². The second-order valence-electron chi connectivity index (χ2n) is 4.14. The molecule has 0 amide bonds. The molecule has 0 heterocycles. The molecule has 0 fully saturated rings. The smallest absolute Gasteiger partial charge is 0.130 e. The number of hydrogen-bond acceptors (Lipinski definition) is 1. The summed E-state index contributed by atoms with van der Waals surface area (Å²) in [5.41, 5.74) is 0.516. The van der Waals surface area contributed by atoms with E-state index in [1.807, 2.05) is 0 Å². The molecule has 1 rings (SSSR count). The largest absolute Gasteiger partial charge is 0.310 e. The molecule has 0 saturated carbocycles. The first-order valence-corrected chi connectivity index (χ1v) is 6.27. The van der Waals surface area contributed by atoms with E-state index in [0.29, 0.717) is 12.0 Å². The summed E-state index contributed by atoms with van der Waals surface area (Å²) in [4.78, 5) is 0. The van der Waals surface area contributed by atoms with Gasteiger partial charge in [-0.1, -0.05) is 13.0 Å². The summed E-state index contributed by atoms with van der Waals surface area (Å²) in [6.45, 7) is 4.64. The highest BCUT2D eigenvalue weighted by molar-refractivity contribution is 5.22. The summed E-state index contributed by atoms with van der Waals surface area (Å²) in [5, 5.41) is 3.27. The van der Waals surface area contributed by atoms with Crippen molar-refractivity contribution in [2.45, 2.75) is 39.2 Å². The molecular formula is C15H19F2N. The first-order chi connectivity index (χ1) is 8.69. The van der Waals surface area contributed by atoms with Gasteiger partial charge in [0.2, 0.25) is 0 Å². The average Bonchev–Trinajstić information content (AvgIpc) is 2.34. The number of benzene rings is 1. The van der Waals surface area contributed by atoms with Crippen molar-refractivity contribution in [2.24, 2.45) is 0 Å². The Balaban J connectivity index is 2.81. The molecule has 1 N–H and O–H groups in total. The fraction of sp³-hybridized carbons (Fsp3) is 0.467. The van der Waals surface area contributed by atoms with Gasteiger partial charge < -0.3 is 5.32 Å². The molecule has 3 heteroatoms. The van der Waals surface area contributed by atoms with E-state index in [4.69, 9.17) is 0 Å². The molecule has 1 aromatic rings. The first kappa shape index (κ1) is 14.7. The zero-order valence-corrected chi connectivity index (χ0v) is 10.9. The van der Waals surface area contributed by atoms with E-state index in [0.717, 1.165) is 25.5 Å². The zero-order chi connectivity index (χ0) is 13.4. The van der Waals surface area contributed by atoms with Crippen molar-refractivity contribution < 1.29 is 8.78 Å². The van der Waals surface area contributed by atoms with Gasteiger partial charge in [0, 0.05) is 24.1 Å². The minimum atomic E-state index is -0.543. The predicted octanol–water partition coefficient (Wildman–Crippen LogP) is 3.81. The van der Waals surface area contributed by atoms with Gasteiger partial charge in [0.25, 0.3) is 0 Å². The van der Waals surface area contributed by atoms with Crippen LogP contribution in [0.4, 0.5) is 8.78 Å². The Morgan fingerprint density at radius 3 is 2.72 bits per heavy atom. The molecular weight excluding hydrogens is 232 g/mol. The van der Waals surface area contributed by atoms with Crippen molar-refractivity contribution in [3.05, 3.63) is 35.4 Å². The third-order valence-corrected chi connectivity index (χ3v) is 2.71. The zero-order valence-electron chi connectivity index (χ0n) is 10.9. The second kappa shape index (κ2) is 7.84. The van der Waals surface area contributed by atoms with Crippen LogP contribution < -0.4 is 5.32 Å². The van der Waals surface area contributed by atoms with Crippen molar-refractivity contribution in [2.75, 3.05) is 6.54 Å². The normalized spacial score (nSPS) is 11.8. The summed E-state index contributed by atoms with van der Waals surface area (Å²) < 4.78 is 26.6. The minimum Gasteiger partial charge on any atom is -0.310 e. The summed E-state index contributed by atoms with van der Waals surface area (Å²) in [6.07, 6.45) is 2.40. The molecule has 0 saturated heterocycles. The van der Waals surface area contributed by atoms with E-state index in [2.05, 4.69) is 24.1 Å². The fourth-order valence-corrected chi connectivity index (χ4v) is 1.81. The van der Waals surface area contributed by atoms with Gasteiger partial charge in [0.1, 0.15) is 11.6 Å². The van der Waals surface area contributed by atoms with Crippen molar-refractivity contribution in [3.8, 4) is 11.8 Å². The molecule has 1 nitrogen and oxygen atoms in total. The Morgan fingerprint density at radius 2 is 2.11 bits per heavy atom. The van der Waals surface area contributed by atoms with E-state index in [-0.39, 0.29) is 6.04 Å². The highest BCUT2D eigenvalue weighted by Gasteiger charge is 2.14. The Kier molecular flexibility index (Phi) is 6.38. The standard InChI is InChI=1S/C15H19F2N/c1-3-5-6-7-15(18-10-4-2)13-9-8-12(16)11-14(13)17/h8-9,11,15,18H,4,6-7,10H2,1-2H3. The van der Waals surface area contributed by atoms with Gasteiger partial charge >= 0.3 is 0 Å². The van der Waals surface area contributed by atoms with Crippen LogP contribution in [0.25, 0.3) is 0 Å². The summed E-state index contributed by atoms with van der Waals surface area (Å²) >= 11 is 0. The molecule has 18 heavy (non-hydrogen) atoms. The highest BCUT2D eigenvalue weighted by atomic mass is 19.1. The van der Waals surface area contributed by atoms with Gasteiger partial charge in [0.15, 0.2) is 0 Å². The second-order valence-corrected chi connectivity index (χ2v) is 4.14. The van der Waals surface area contributed by atoms with Gasteiger partial charge in [-0.15, -0.1) is 11.8 Å². The van der Waals surface area contributed by atoms with E-state index in [1.165, 1.54) is 12.1 Å². The van der Waals surface area contributed by atoms with Gasteiger partial charge in [-0.2, -0.15) is 0 Å². The monoisotopic (exact) mass is 251 g/mol. The topological polar surface area (TPSA) is 12.0 Å². The number of halogens is 2. The molecule has 0 aliphatic carbocycles. The maximum Gasteiger partial charge on any atom is 0.130 e. The summed E-state index contributed by atoms with van der Waals surface area (Å²) in [6, 6.07) is 3.63. The van der Waals surface area contributed by atoms with Crippen LogP contribution in [0.3, 0.4) is 0 Å². The molecule has 0 aromatic heterocycles. The van der Waals surface area contributed by atoms with Crippen LogP contribution in [0, 0.1) is 23.5 Å². The van der Waals surface area contributed by atoms with E-state index in [1.54, 1.807) is 6.92 Å². The lowest BCUT2D eigenvalue weighted by Gasteiger charge is -2.18. The third kappa shape index (κ3) is 4.46. The summed E-state index contributed by atoms with van der Waals surface area (Å²) in [7, 11) is 0. The highest BCUT2D eigenvalue weighted by Crippen LogP contribution is 2.22. The minimum absolute atomic E-state index is 0.105. The number of rotatable bonds is 6. The Labute approximate surface area is 108 Å². The molecule has 0 radical (unpaired) electrons. The van der Waals surface area contributed by atoms with E-state index >= 15 is 0 Å². The van der Waals surface area contributed by atoms with Gasteiger partial charge in [-0.05, 0) is 32.4 Å². The molecule has 0 spiro atoms. The SMILES string of the molecule is CC#CCCC(NCCC)c1ccc(F)cc1F. The number of hydrogen-bond donors (Lipinski definition) is 1. The average molecular weight is 251 g/mol. The predicted molar refractivity (Wildman–Crippen MR) is 70.1 cm³/mol. The molecule has 1 atom stereocenters. The van der Waals surface area contributed by atoms with Gasteiger partial charge in [0.05, 0.1) is 0 Å². The quantitative estimate of drug-likeness (QED) is 0.758. The Hall–Kier alpha value is -1.40. The van der Waals surface area contributed by atoms with Crippen LogP contribution in [-0.2, 0) is 0 Å². The molecule has 1 unspecified atom stereocenters. The van der Waals surface area contributed by atoms with Crippen molar-refractivity contribution in [1.82, 2.24) is 5.32 Å². The molecule has 0 bridgehead atoms. The first-order valence-electron chi connectivity index (χ1n) is 6.27.